The number of unbranched alkanes of at least 4 members (excludes halogenated alkanes) is 1. The van der Waals surface area contributed by atoms with E-state index in [4.69, 9.17) is 0 Å². The van der Waals surface area contributed by atoms with Gasteiger partial charge in [-0.2, -0.15) is 4.99 Å². The molecule has 0 aliphatic carbocycles. The van der Waals surface area contributed by atoms with Crippen molar-refractivity contribution in [2.75, 3.05) is 6.26 Å². The lowest BCUT2D eigenvalue weighted by molar-refractivity contribution is 0.0998. The molecule has 0 saturated carbocycles. The van der Waals surface area contributed by atoms with Gasteiger partial charge in [0.05, 0.1) is 15.1 Å². The Hall–Kier alpha value is -2.51. The SMILES string of the molecule is C=CCn1c(=NC(=O)c2ccc(S(C)(=O)=O)cc2)sc2cc(CCCC)ccc21. The highest BCUT2D eigenvalue weighted by atomic mass is 32.2. The molecule has 0 aliphatic rings. The number of rotatable bonds is 7. The fourth-order valence-corrected chi connectivity index (χ4v) is 4.77. The number of thiazole rings is 1. The monoisotopic (exact) mass is 428 g/mol. The van der Waals surface area contributed by atoms with E-state index in [1.807, 2.05) is 4.57 Å². The van der Waals surface area contributed by atoms with Crippen LogP contribution in [-0.2, 0) is 22.8 Å². The molecule has 0 bridgehead atoms. The average molecular weight is 429 g/mol. The lowest BCUT2D eigenvalue weighted by Gasteiger charge is -2.03. The zero-order chi connectivity index (χ0) is 21.0. The van der Waals surface area contributed by atoms with Gasteiger partial charge in [0.1, 0.15) is 0 Å². The molecule has 0 unspecified atom stereocenters. The topological polar surface area (TPSA) is 68.5 Å². The summed E-state index contributed by atoms with van der Waals surface area (Å²) in [5.41, 5.74) is 2.65. The number of nitrogens with zero attached hydrogens (tertiary/aromatic N) is 2. The third kappa shape index (κ3) is 4.92. The van der Waals surface area contributed by atoms with Crippen LogP contribution in [0.25, 0.3) is 10.2 Å². The zero-order valence-electron chi connectivity index (χ0n) is 16.6. The third-order valence-electron chi connectivity index (χ3n) is 4.60. The molecule has 0 atom stereocenters. The van der Waals surface area contributed by atoms with Crippen molar-refractivity contribution in [3.63, 3.8) is 0 Å². The minimum Gasteiger partial charge on any atom is -0.312 e. The normalized spacial score (nSPS) is 12.4. The van der Waals surface area contributed by atoms with E-state index in [9.17, 15) is 13.2 Å². The molecule has 1 heterocycles. The summed E-state index contributed by atoms with van der Waals surface area (Å²) in [6, 6.07) is 12.2. The summed E-state index contributed by atoms with van der Waals surface area (Å²) in [6.07, 6.45) is 6.23. The van der Waals surface area contributed by atoms with Crippen LogP contribution in [0.2, 0.25) is 0 Å². The summed E-state index contributed by atoms with van der Waals surface area (Å²) in [7, 11) is -3.30. The first-order chi connectivity index (χ1) is 13.8. The van der Waals surface area contributed by atoms with Gasteiger partial charge in [-0.05, 0) is 54.8 Å². The number of aromatic nitrogens is 1. The fraction of sp³-hybridized carbons (Fsp3) is 0.273. The molecule has 0 saturated heterocycles. The lowest BCUT2D eigenvalue weighted by atomic mass is 10.1. The number of hydrogen-bond acceptors (Lipinski definition) is 4. The number of allylic oxidation sites excluding steroid dienone is 1. The van der Waals surface area contributed by atoms with Crippen molar-refractivity contribution in [3.8, 4) is 0 Å². The second-order valence-corrected chi connectivity index (χ2v) is 9.93. The Kier molecular flexibility index (Phi) is 6.49. The van der Waals surface area contributed by atoms with Crippen molar-refractivity contribution in [1.29, 1.82) is 0 Å². The highest BCUT2D eigenvalue weighted by Gasteiger charge is 2.11. The van der Waals surface area contributed by atoms with E-state index in [0.29, 0.717) is 16.9 Å². The molecule has 0 aliphatic heterocycles. The summed E-state index contributed by atoms with van der Waals surface area (Å²) in [6.45, 7) is 6.53. The van der Waals surface area contributed by atoms with Crippen molar-refractivity contribution >= 4 is 37.3 Å². The van der Waals surface area contributed by atoms with E-state index < -0.39 is 15.7 Å². The van der Waals surface area contributed by atoms with Gasteiger partial charge in [0.25, 0.3) is 5.91 Å². The molecule has 152 valence electrons. The highest BCUT2D eigenvalue weighted by molar-refractivity contribution is 7.90. The van der Waals surface area contributed by atoms with Gasteiger partial charge in [0.2, 0.25) is 0 Å². The molecule has 0 N–H and O–H groups in total. The fourth-order valence-electron chi connectivity index (χ4n) is 3.04. The maximum atomic E-state index is 12.7. The maximum Gasteiger partial charge on any atom is 0.279 e. The van der Waals surface area contributed by atoms with E-state index in [-0.39, 0.29) is 4.90 Å². The van der Waals surface area contributed by atoms with Crippen molar-refractivity contribution in [3.05, 3.63) is 71.0 Å². The van der Waals surface area contributed by atoms with Crippen molar-refractivity contribution < 1.29 is 13.2 Å². The van der Waals surface area contributed by atoms with Crippen LogP contribution in [0.4, 0.5) is 0 Å². The first-order valence-corrected chi connectivity index (χ1v) is 12.2. The van der Waals surface area contributed by atoms with Crippen LogP contribution in [0.15, 0.2) is 65.0 Å². The molecule has 0 radical (unpaired) electrons. The summed E-state index contributed by atoms with van der Waals surface area (Å²) in [4.78, 5) is 17.8. The Morgan fingerprint density at radius 1 is 1.21 bits per heavy atom. The average Bonchev–Trinajstić information content (AvgIpc) is 3.02. The van der Waals surface area contributed by atoms with Crippen LogP contribution in [0.3, 0.4) is 0 Å². The van der Waals surface area contributed by atoms with E-state index in [1.54, 1.807) is 6.08 Å². The van der Waals surface area contributed by atoms with Crippen molar-refractivity contribution in [1.82, 2.24) is 4.57 Å². The van der Waals surface area contributed by atoms with Crippen LogP contribution in [0, 0.1) is 0 Å². The van der Waals surface area contributed by atoms with Crippen LogP contribution < -0.4 is 4.80 Å². The van der Waals surface area contributed by atoms with Crippen LogP contribution >= 0.6 is 11.3 Å². The maximum absolute atomic E-state index is 12.7. The predicted molar refractivity (Wildman–Crippen MR) is 118 cm³/mol. The highest BCUT2D eigenvalue weighted by Crippen LogP contribution is 2.21. The quantitative estimate of drug-likeness (QED) is 0.525. The summed E-state index contributed by atoms with van der Waals surface area (Å²) >= 11 is 1.47. The Labute approximate surface area is 175 Å². The van der Waals surface area contributed by atoms with Gasteiger partial charge >= 0.3 is 0 Å². The Morgan fingerprint density at radius 3 is 2.55 bits per heavy atom. The van der Waals surface area contributed by atoms with Gasteiger partial charge in [0.15, 0.2) is 14.6 Å². The van der Waals surface area contributed by atoms with Crippen LogP contribution in [0.1, 0.15) is 35.7 Å². The second-order valence-electron chi connectivity index (χ2n) is 6.90. The summed E-state index contributed by atoms with van der Waals surface area (Å²) in [5.74, 6) is -0.402. The number of sulfone groups is 1. The van der Waals surface area contributed by atoms with Gasteiger partial charge in [-0.1, -0.05) is 36.8 Å². The first kappa shape index (κ1) is 21.2. The lowest BCUT2D eigenvalue weighted by Crippen LogP contribution is -2.16. The minimum absolute atomic E-state index is 0.178. The Bertz CT molecular complexity index is 1220. The molecule has 3 rings (SSSR count). The molecular formula is C22H24N2O3S2. The number of carbonyl (C=O) groups excluding carboxylic acids is 1. The standard InChI is InChI=1S/C22H24N2O3S2/c1-4-6-7-16-8-13-19-20(15-16)28-22(24(19)14-5-2)23-21(25)17-9-11-18(12-10-17)29(3,26)27/h5,8-13,15H,2,4,6-7,14H2,1,3H3. The third-order valence-corrected chi connectivity index (χ3v) is 6.77. The Morgan fingerprint density at radius 2 is 1.93 bits per heavy atom. The molecule has 7 heteroatoms. The summed E-state index contributed by atoms with van der Waals surface area (Å²) in [5, 5.41) is 0. The van der Waals surface area contributed by atoms with Gasteiger partial charge in [-0.3, -0.25) is 4.79 Å². The van der Waals surface area contributed by atoms with Crippen molar-refractivity contribution in [2.24, 2.45) is 4.99 Å². The van der Waals surface area contributed by atoms with Gasteiger partial charge in [0, 0.05) is 18.4 Å². The van der Waals surface area contributed by atoms with Crippen LogP contribution in [0.5, 0.6) is 0 Å². The zero-order valence-corrected chi connectivity index (χ0v) is 18.2. The van der Waals surface area contributed by atoms with Crippen molar-refractivity contribution in [2.45, 2.75) is 37.6 Å². The van der Waals surface area contributed by atoms with Crippen LogP contribution in [-0.4, -0.2) is 25.1 Å². The van der Waals surface area contributed by atoms with Gasteiger partial charge < -0.3 is 4.57 Å². The number of hydrogen-bond donors (Lipinski definition) is 0. The number of amides is 1. The molecule has 1 aromatic heterocycles. The molecule has 2 aromatic carbocycles. The molecule has 29 heavy (non-hydrogen) atoms. The minimum atomic E-state index is -3.30. The van der Waals surface area contributed by atoms with E-state index in [1.165, 1.54) is 41.2 Å². The van der Waals surface area contributed by atoms with E-state index in [2.05, 4.69) is 36.7 Å². The molecular weight excluding hydrogens is 404 g/mol. The smallest absolute Gasteiger partial charge is 0.279 e. The number of aryl methyl sites for hydroxylation is 1. The molecule has 3 aromatic rings. The largest absolute Gasteiger partial charge is 0.312 e. The van der Waals surface area contributed by atoms with Gasteiger partial charge in [-0.25, -0.2) is 8.42 Å². The van der Waals surface area contributed by atoms with E-state index in [0.717, 1.165) is 35.7 Å². The molecule has 0 spiro atoms. The molecule has 5 nitrogen and oxygen atoms in total. The Balaban J connectivity index is 2.02. The number of fused-ring (bicyclic) bond motifs is 1. The van der Waals surface area contributed by atoms with E-state index >= 15 is 0 Å². The first-order valence-electron chi connectivity index (χ1n) is 9.46. The predicted octanol–water partition coefficient (Wildman–Crippen LogP) is 4.38. The second kappa shape index (κ2) is 8.88. The summed E-state index contributed by atoms with van der Waals surface area (Å²) < 4.78 is 26.2. The van der Waals surface area contributed by atoms with Gasteiger partial charge in [-0.15, -0.1) is 6.58 Å². The molecule has 0 fully saturated rings. The number of carbonyl (C=O) groups is 1. The number of benzene rings is 2. The molecule has 1 amide bonds.